The van der Waals surface area contributed by atoms with Crippen molar-refractivity contribution in [3.8, 4) is 5.88 Å². The average Bonchev–Trinajstić information content (AvgIpc) is 2.42. The Bertz CT molecular complexity index is 458. The van der Waals surface area contributed by atoms with Crippen LogP contribution < -0.4 is 10.1 Å². The fourth-order valence-electron chi connectivity index (χ4n) is 1.50. The third-order valence-electron chi connectivity index (χ3n) is 2.37. The number of hydrogen-bond acceptors (Lipinski definition) is 5. The maximum absolute atomic E-state index is 5.51. The number of hydrogen-bond donors (Lipinski definition) is 1. The quantitative estimate of drug-likeness (QED) is 0.827. The lowest BCUT2D eigenvalue weighted by atomic mass is 10.3. The van der Waals surface area contributed by atoms with Gasteiger partial charge in [-0.05, 0) is 19.2 Å². The Labute approximate surface area is 106 Å². The Morgan fingerprint density at radius 2 is 2.06 bits per heavy atom. The van der Waals surface area contributed by atoms with Crippen molar-refractivity contribution in [2.75, 3.05) is 13.7 Å². The molecule has 5 heteroatoms. The number of aromatic nitrogens is 3. The summed E-state index contributed by atoms with van der Waals surface area (Å²) >= 11 is 0. The minimum Gasteiger partial charge on any atom is -0.476 e. The van der Waals surface area contributed by atoms with Gasteiger partial charge in [0, 0.05) is 24.9 Å². The van der Waals surface area contributed by atoms with E-state index >= 15 is 0 Å². The van der Waals surface area contributed by atoms with E-state index in [2.05, 4.69) is 20.3 Å². The van der Waals surface area contributed by atoms with Gasteiger partial charge in [-0.25, -0.2) is 4.98 Å². The summed E-state index contributed by atoms with van der Waals surface area (Å²) in [5.41, 5.74) is 1.91. The number of ether oxygens (including phenoxy) is 1. The van der Waals surface area contributed by atoms with Gasteiger partial charge in [0.1, 0.15) is 0 Å². The fraction of sp³-hybridized carbons (Fsp3) is 0.308. The summed E-state index contributed by atoms with van der Waals surface area (Å²) in [6.45, 7) is 1.26. The fourth-order valence-corrected chi connectivity index (χ4v) is 1.50. The lowest BCUT2D eigenvalue weighted by molar-refractivity contribution is 0.306. The smallest absolute Gasteiger partial charge is 0.232 e. The zero-order chi connectivity index (χ0) is 12.6. The standard InChI is InChI=1S/C13H16N4O/c1-14-8-12-9-17-13(10-16-12)18-7-5-11-4-2-3-6-15-11/h2-4,6,9-10,14H,5,7-8H2,1H3. The predicted molar refractivity (Wildman–Crippen MR) is 68.2 cm³/mol. The molecule has 0 aliphatic heterocycles. The molecule has 2 aromatic heterocycles. The molecule has 0 radical (unpaired) electrons. The monoisotopic (exact) mass is 244 g/mol. The van der Waals surface area contributed by atoms with Crippen molar-refractivity contribution in [1.29, 1.82) is 0 Å². The summed E-state index contributed by atoms with van der Waals surface area (Å²) in [4.78, 5) is 12.6. The van der Waals surface area contributed by atoms with E-state index in [1.165, 1.54) is 0 Å². The molecule has 2 rings (SSSR count). The largest absolute Gasteiger partial charge is 0.476 e. The predicted octanol–water partition coefficient (Wildman–Crippen LogP) is 1.21. The van der Waals surface area contributed by atoms with Crippen molar-refractivity contribution in [2.24, 2.45) is 0 Å². The van der Waals surface area contributed by atoms with E-state index < -0.39 is 0 Å². The molecule has 0 aliphatic carbocycles. The summed E-state index contributed by atoms with van der Waals surface area (Å²) < 4.78 is 5.51. The molecule has 0 aromatic carbocycles. The van der Waals surface area contributed by atoms with E-state index in [1.54, 1.807) is 18.6 Å². The zero-order valence-corrected chi connectivity index (χ0v) is 10.3. The van der Waals surface area contributed by atoms with Crippen molar-refractivity contribution in [3.05, 3.63) is 48.2 Å². The maximum atomic E-state index is 5.51. The first kappa shape index (κ1) is 12.4. The SMILES string of the molecule is CNCc1cnc(OCCc2ccccn2)cn1. The molecule has 1 N–H and O–H groups in total. The molecular weight excluding hydrogens is 228 g/mol. The van der Waals surface area contributed by atoms with Gasteiger partial charge in [0.2, 0.25) is 5.88 Å². The molecule has 0 aliphatic rings. The van der Waals surface area contributed by atoms with Gasteiger partial charge in [0.05, 0.1) is 24.7 Å². The van der Waals surface area contributed by atoms with E-state index in [1.807, 2.05) is 25.2 Å². The maximum Gasteiger partial charge on any atom is 0.232 e. The first-order chi connectivity index (χ1) is 8.88. The van der Waals surface area contributed by atoms with Crippen molar-refractivity contribution in [2.45, 2.75) is 13.0 Å². The number of nitrogens with zero attached hydrogens (tertiary/aromatic N) is 3. The lowest BCUT2D eigenvalue weighted by Crippen LogP contribution is -2.08. The zero-order valence-electron chi connectivity index (χ0n) is 10.3. The van der Waals surface area contributed by atoms with Crippen LogP contribution in [0, 0.1) is 0 Å². The summed E-state index contributed by atoms with van der Waals surface area (Å²) in [6.07, 6.45) is 5.90. The Hall–Kier alpha value is -2.01. The number of rotatable bonds is 6. The van der Waals surface area contributed by atoms with Crippen molar-refractivity contribution in [3.63, 3.8) is 0 Å². The molecule has 0 atom stereocenters. The molecule has 0 amide bonds. The lowest BCUT2D eigenvalue weighted by Gasteiger charge is -2.05. The van der Waals surface area contributed by atoms with Gasteiger partial charge in [0.25, 0.3) is 0 Å². The average molecular weight is 244 g/mol. The van der Waals surface area contributed by atoms with Gasteiger partial charge in [-0.1, -0.05) is 6.07 Å². The van der Waals surface area contributed by atoms with Gasteiger partial charge < -0.3 is 10.1 Å². The van der Waals surface area contributed by atoms with Crippen LogP contribution in [0.4, 0.5) is 0 Å². The highest BCUT2D eigenvalue weighted by Crippen LogP contribution is 2.05. The molecule has 94 valence electrons. The van der Waals surface area contributed by atoms with E-state index in [9.17, 15) is 0 Å². The summed E-state index contributed by atoms with van der Waals surface area (Å²) in [5, 5.41) is 3.02. The molecule has 5 nitrogen and oxygen atoms in total. The Morgan fingerprint density at radius 1 is 1.11 bits per heavy atom. The summed E-state index contributed by atoms with van der Waals surface area (Å²) in [5.74, 6) is 0.547. The summed E-state index contributed by atoms with van der Waals surface area (Å²) in [6, 6.07) is 5.84. The number of nitrogens with one attached hydrogen (secondary N) is 1. The second kappa shape index (κ2) is 6.66. The van der Waals surface area contributed by atoms with Crippen LogP contribution in [0.3, 0.4) is 0 Å². The molecule has 0 saturated carbocycles. The van der Waals surface area contributed by atoms with Crippen molar-refractivity contribution in [1.82, 2.24) is 20.3 Å². The molecular formula is C13H16N4O. The van der Waals surface area contributed by atoms with Gasteiger partial charge in [-0.3, -0.25) is 9.97 Å². The van der Waals surface area contributed by atoms with Crippen LogP contribution in [0.1, 0.15) is 11.4 Å². The van der Waals surface area contributed by atoms with Crippen LogP contribution >= 0.6 is 0 Å². The molecule has 18 heavy (non-hydrogen) atoms. The highest BCUT2D eigenvalue weighted by molar-refractivity contribution is 5.08. The third kappa shape index (κ3) is 3.78. The van der Waals surface area contributed by atoms with Crippen molar-refractivity contribution >= 4 is 0 Å². The minimum atomic E-state index is 0.547. The molecule has 0 spiro atoms. The van der Waals surface area contributed by atoms with E-state index in [0.717, 1.165) is 17.8 Å². The highest BCUT2D eigenvalue weighted by atomic mass is 16.5. The minimum absolute atomic E-state index is 0.547. The highest BCUT2D eigenvalue weighted by Gasteiger charge is 1.99. The first-order valence-corrected chi connectivity index (χ1v) is 5.86. The van der Waals surface area contributed by atoms with Crippen LogP contribution in [-0.4, -0.2) is 28.6 Å². The van der Waals surface area contributed by atoms with E-state index in [-0.39, 0.29) is 0 Å². The Morgan fingerprint density at radius 3 is 2.72 bits per heavy atom. The van der Waals surface area contributed by atoms with Crippen LogP contribution in [0.5, 0.6) is 5.88 Å². The second-order valence-electron chi connectivity index (χ2n) is 3.80. The Kier molecular flexibility index (Phi) is 4.60. The van der Waals surface area contributed by atoms with E-state index in [0.29, 0.717) is 19.0 Å². The molecule has 0 bridgehead atoms. The summed E-state index contributed by atoms with van der Waals surface area (Å²) in [7, 11) is 1.87. The molecule has 2 heterocycles. The number of pyridine rings is 1. The first-order valence-electron chi connectivity index (χ1n) is 5.86. The van der Waals surface area contributed by atoms with E-state index in [4.69, 9.17) is 4.74 Å². The topological polar surface area (TPSA) is 59.9 Å². The molecule has 0 saturated heterocycles. The second-order valence-corrected chi connectivity index (χ2v) is 3.80. The molecule has 2 aromatic rings. The van der Waals surface area contributed by atoms with Crippen LogP contribution in [-0.2, 0) is 13.0 Å². The van der Waals surface area contributed by atoms with Crippen molar-refractivity contribution < 1.29 is 4.74 Å². The van der Waals surface area contributed by atoms with Gasteiger partial charge in [-0.2, -0.15) is 0 Å². The molecule has 0 fully saturated rings. The Balaban J connectivity index is 1.80. The van der Waals surface area contributed by atoms with Gasteiger partial charge in [0.15, 0.2) is 0 Å². The third-order valence-corrected chi connectivity index (χ3v) is 2.37. The van der Waals surface area contributed by atoms with Crippen LogP contribution in [0.15, 0.2) is 36.8 Å². The van der Waals surface area contributed by atoms with Gasteiger partial charge in [-0.15, -0.1) is 0 Å². The normalized spacial score (nSPS) is 10.3. The molecule has 0 unspecified atom stereocenters. The van der Waals surface area contributed by atoms with Crippen LogP contribution in [0.2, 0.25) is 0 Å². The van der Waals surface area contributed by atoms with Crippen LogP contribution in [0.25, 0.3) is 0 Å². The van der Waals surface area contributed by atoms with Gasteiger partial charge >= 0.3 is 0 Å².